The van der Waals surface area contributed by atoms with Crippen LogP contribution in [0.15, 0.2) is 68.2 Å². The van der Waals surface area contributed by atoms with E-state index in [1.807, 2.05) is 37.3 Å². The predicted molar refractivity (Wildman–Crippen MR) is 92.6 cm³/mol. The number of rotatable bonds is 6. The third-order valence-electron chi connectivity index (χ3n) is 3.21. The van der Waals surface area contributed by atoms with E-state index in [0.717, 1.165) is 29.1 Å². The Morgan fingerprint density at radius 1 is 1.00 bits per heavy atom. The molecule has 22 heavy (non-hydrogen) atoms. The van der Waals surface area contributed by atoms with Gasteiger partial charge in [0.15, 0.2) is 0 Å². The van der Waals surface area contributed by atoms with Crippen LogP contribution >= 0.6 is 0 Å². The lowest BCUT2D eigenvalue weighted by Crippen LogP contribution is -2.04. The standard InChI is InChI=1S/C17H21NO2S2/c1-3-4-14-21(16-8-6-5-7-9-16)18-22(19,20)17-12-10-15(2)11-13-17/h5-13H,3-4,14H2,1-2H3. The Bertz CT molecular complexity index is 736. The molecule has 1 unspecified atom stereocenters. The molecule has 0 saturated heterocycles. The molecular weight excluding hydrogens is 314 g/mol. The average molecular weight is 335 g/mol. The van der Waals surface area contributed by atoms with Crippen LogP contribution in [0.1, 0.15) is 25.3 Å². The topological polar surface area (TPSA) is 46.5 Å². The third-order valence-corrected chi connectivity index (χ3v) is 7.08. The lowest BCUT2D eigenvalue weighted by molar-refractivity contribution is 0.598. The normalized spacial score (nSPS) is 13.2. The first kappa shape index (κ1) is 16.9. The minimum atomic E-state index is -3.62. The van der Waals surface area contributed by atoms with Crippen LogP contribution in [-0.2, 0) is 20.7 Å². The van der Waals surface area contributed by atoms with E-state index in [9.17, 15) is 8.42 Å². The molecule has 3 nitrogen and oxygen atoms in total. The molecule has 0 heterocycles. The number of aryl methyl sites for hydroxylation is 1. The first-order valence-electron chi connectivity index (χ1n) is 7.33. The van der Waals surface area contributed by atoms with Crippen LogP contribution in [0.4, 0.5) is 0 Å². The van der Waals surface area contributed by atoms with Crippen molar-refractivity contribution in [3.8, 4) is 0 Å². The van der Waals surface area contributed by atoms with Crippen LogP contribution in [-0.4, -0.2) is 14.2 Å². The Morgan fingerprint density at radius 3 is 2.23 bits per heavy atom. The van der Waals surface area contributed by atoms with Crippen molar-refractivity contribution in [3.05, 3.63) is 60.2 Å². The molecule has 2 aromatic rings. The molecule has 0 aromatic heterocycles. The van der Waals surface area contributed by atoms with Gasteiger partial charge < -0.3 is 0 Å². The van der Waals surface area contributed by atoms with Crippen molar-refractivity contribution < 1.29 is 8.42 Å². The molecule has 0 bridgehead atoms. The van der Waals surface area contributed by atoms with Crippen molar-refractivity contribution in [2.75, 3.05) is 5.75 Å². The lowest BCUT2D eigenvalue weighted by atomic mass is 10.2. The minimum absolute atomic E-state index is 0.267. The maximum Gasteiger partial charge on any atom is 0.288 e. The fourth-order valence-electron chi connectivity index (χ4n) is 1.93. The van der Waals surface area contributed by atoms with Gasteiger partial charge in [0, 0.05) is 10.6 Å². The van der Waals surface area contributed by atoms with Gasteiger partial charge >= 0.3 is 0 Å². The number of sulfonamides is 1. The highest BCUT2D eigenvalue weighted by Crippen LogP contribution is 2.18. The van der Waals surface area contributed by atoms with Crippen molar-refractivity contribution >= 4 is 20.7 Å². The zero-order chi connectivity index (χ0) is 16.0. The van der Waals surface area contributed by atoms with Gasteiger partial charge in [0.1, 0.15) is 0 Å². The summed E-state index contributed by atoms with van der Waals surface area (Å²) in [7, 11) is -4.24. The van der Waals surface area contributed by atoms with E-state index in [1.165, 1.54) is 0 Å². The highest BCUT2D eigenvalue weighted by Gasteiger charge is 2.14. The molecule has 2 aromatic carbocycles. The van der Waals surface area contributed by atoms with Crippen LogP contribution < -0.4 is 0 Å². The van der Waals surface area contributed by atoms with Crippen LogP contribution in [0, 0.1) is 6.92 Å². The van der Waals surface area contributed by atoms with Gasteiger partial charge in [-0.05, 0) is 37.6 Å². The Labute approximate surface area is 135 Å². The zero-order valence-corrected chi connectivity index (χ0v) is 14.5. The van der Waals surface area contributed by atoms with Gasteiger partial charge in [0.25, 0.3) is 10.0 Å². The molecule has 0 aliphatic rings. The quantitative estimate of drug-likeness (QED) is 0.788. The zero-order valence-electron chi connectivity index (χ0n) is 12.9. The Balaban J connectivity index is 2.41. The van der Waals surface area contributed by atoms with E-state index in [1.54, 1.807) is 24.3 Å². The Kier molecular flexibility index (Phi) is 5.91. The van der Waals surface area contributed by atoms with Crippen molar-refractivity contribution in [3.63, 3.8) is 0 Å². The summed E-state index contributed by atoms with van der Waals surface area (Å²) in [5.41, 5.74) is 1.03. The van der Waals surface area contributed by atoms with Gasteiger partial charge in [-0.25, -0.2) is 0 Å². The Morgan fingerprint density at radius 2 is 1.64 bits per heavy atom. The predicted octanol–water partition coefficient (Wildman–Crippen LogP) is 4.34. The highest BCUT2D eigenvalue weighted by atomic mass is 32.3. The summed E-state index contributed by atoms with van der Waals surface area (Å²) in [4.78, 5) is 1.25. The summed E-state index contributed by atoms with van der Waals surface area (Å²) >= 11 is 0. The van der Waals surface area contributed by atoms with E-state index in [4.69, 9.17) is 0 Å². The SMILES string of the molecule is CCCCS(=NS(=O)(=O)c1ccc(C)cc1)c1ccccc1. The van der Waals surface area contributed by atoms with E-state index in [0.29, 0.717) is 0 Å². The smallest absolute Gasteiger partial charge is 0.199 e. The van der Waals surface area contributed by atoms with Crippen LogP contribution in [0.5, 0.6) is 0 Å². The largest absolute Gasteiger partial charge is 0.288 e. The van der Waals surface area contributed by atoms with E-state index < -0.39 is 20.7 Å². The molecule has 5 heteroatoms. The first-order chi connectivity index (χ1) is 10.5. The van der Waals surface area contributed by atoms with Crippen molar-refractivity contribution in [1.82, 2.24) is 0 Å². The molecule has 0 saturated carbocycles. The van der Waals surface area contributed by atoms with Crippen LogP contribution in [0.3, 0.4) is 0 Å². The Hall–Kier alpha value is -1.46. The van der Waals surface area contributed by atoms with Gasteiger partial charge in [0.2, 0.25) is 0 Å². The fourth-order valence-corrected chi connectivity index (χ4v) is 5.61. The number of unbranched alkanes of at least 4 members (excludes halogenated alkanes) is 1. The third kappa shape index (κ3) is 4.52. The molecule has 2 rings (SSSR count). The van der Waals surface area contributed by atoms with Gasteiger partial charge in [-0.1, -0.05) is 59.9 Å². The molecule has 1 atom stereocenters. The molecule has 0 aliphatic carbocycles. The number of hydrogen-bond acceptors (Lipinski definition) is 2. The molecular formula is C17H21NO2S2. The number of hydrogen-bond donors (Lipinski definition) is 0. The summed E-state index contributed by atoms with van der Waals surface area (Å²) in [5, 5.41) is 0. The molecule has 0 spiro atoms. The average Bonchev–Trinajstić information content (AvgIpc) is 2.52. The van der Waals surface area contributed by atoms with Gasteiger partial charge in [-0.3, -0.25) is 0 Å². The van der Waals surface area contributed by atoms with Gasteiger partial charge in [0.05, 0.1) is 4.90 Å². The summed E-state index contributed by atoms with van der Waals surface area (Å²) in [6.07, 6.45) is 1.99. The van der Waals surface area contributed by atoms with Crippen molar-refractivity contribution in [1.29, 1.82) is 0 Å². The second kappa shape index (κ2) is 7.70. The summed E-state index contributed by atoms with van der Waals surface area (Å²) in [6, 6.07) is 16.5. The van der Waals surface area contributed by atoms with E-state index in [2.05, 4.69) is 10.7 Å². The number of benzene rings is 2. The van der Waals surface area contributed by atoms with Gasteiger partial charge in [-0.15, -0.1) is 3.77 Å². The van der Waals surface area contributed by atoms with E-state index in [-0.39, 0.29) is 4.90 Å². The van der Waals surface area contributed by atoms with E-state index >= 15 is 0 Å². The first-order valence-corrected chi connectivity index (χ1v) is 10.1. The summed E-state index contributed by atoms with van der Waals surface area (Å²) < 4.78 is 29.3. The second-order valence-corrected chi connectivity index (χ2v) is 8.73. The maximum atomic E-state index is 12.5. The molecule has 118 valence electrons. The van der Waals surface area contributed by atoms with Crippen molar-refractivity contribution in [2.24, 2.45) is 3.77 Å². The molecule has 0 radical (unpaired) electrons. The monoisotopic (exact) mass is 335 g/mol. The summed E-state index contributed by atoms with van der Waals surface area (Å²) in [6.45, 7) is 4.03. The van der Waals surface area contributed by atoms with Crippen LogP contribution in [0.25, 0.3) is 0 Å². The second-order valence-electron chi connectivity index (χ2n) is 5.10. The highest BCUT2D eigenvalue weighted by molar-refractivity contribution is 8.00. The number of nitrogens with zero attached hydrogens (tertiary/aromatic N) is 1. The molecule has 0 amide bonds. The summed E-state index contributed by atoms with van der Waals surface area (Å²) in [5.74, 6) is 0.769. The molecule has 0 fully saturated rings. The lowest BCUT2D eigenvalue weighted by Gasteiger charge is -2.08. The maximum absolute atomic E-state index is 12.5. The van der Waals surface area contributed by atoms with Gasteiger partial charge in [-0.2, -0.15) is 8.42 Å². The minimum Gasteiger partial charge on any atom is -0.199 e. The molecule has 0 aliphatic heterocycles. The fraction of sp³-hybridized carbons (Fsp3) is 0.294. The van der Waals surface area contributed by atoms with Crippen LogP contribution in [0.2, 0.25) is 0 Å². The van der Waals surface area contributed by atoms with Crippen molar-refractivity contribution in [2.45, 2.75) is 36.5 Å². The molecule has 0 N–H and O–H groups in total.